The first kappa shape index (κ1) is 22.4. The van der Waals surface area contributed by atoms with Gasteiger partial charge < -0.3 is 9.47 Å². The number of ether oxygens (including phenoxy) is 2. The standard InChI is InChI=1S/C27H28ClNO3/c1-4-18(2)29-15-22-23(16-29)26(31-17-20-11-7-5-8-12-20)24(19(3)25(22)28)27(30)32-21-13-9-6-10-14-21/h5-14,18H,4,15-17H2,1-3H3/t18-/m0/s1. The highest BCUT2D eigenvalue weighted by Crippen LogP contribution is 2.43. The third-order valence-electron chi connectivity index (χ3n) is 6.16. The molecule has 0 aromatic heterocycles. The molecule has 0 radical (unpaired) electrons. The zero-order valence-electron chi connectivity index (χ0n) is 18.7. The molecule has 4 nitrogen and oxygen atoms in total. The third-order valence-corrected chi connectivity index (χ3v) is 6.67. The summed E-state index contributed by atoms with van der Waals surface area (Å²) in [6.45, 7) is 8.06. The first-order valence-corrected chi connectivity index (χ1v) is 11.4. The lowest BCUT2D eigenvalue weighted by molar-refractivity contribution is 0.0728. The van der Waals surface area contributed by atoms with Crippen LogP contribution in [0.4, 0.5) is 0 Å². The summed E-state index contributed by atoms with van der Waals surface area (Å²) in [5.74, 6) is 0.615. The maximum atomic E-state index is 13.3. The van der Waals surface area contributed by atoms with Crippen molar-refractivity contribution in [3.05, 3.63) is 93.5 Å². The van der Waals surface area contributed by atoms with Gasteiger partial charge in [-0.2, -0.15) is 0 Å². The highest BCUT2D eigenvalue weighted by Gasteiger charge is 2.33. The van der Waals surface area contributed by atoms with Gasteiger partial charge in [0.25, 0.3) is 0 Å². The molecule has 0 unspecified atom stereocenters. The third kappa shape index (κ3) is 4.52. The topological polar surface area (TPSA) is 38.8 Å². The molecule has 1 heterocycles. The number of carbonyl (C=O) groups excluding carboxylic acids is 1. The van der Waals surface area contributed by atoms with Gasteiger partial charge in [0, 0.05) is 29.7 Å². The maximum Gasteiger partial charge on any atom is 0.347 e. The molecule has 0 spiro atoms. The zero-order chi connectivity index (χ0) is 22.7. The fourth-order valence-electron chi connectivity index (χ4n) is 4.07. The molecule has 0 saturated carbocycles. The summed E-state index contributed by atoms with van der Waals surface area (Å²) >= 11 is 6.80. The molecule has 0 saturated heterocycles. The van der Waals surface area contributed by atoms with Gasteiger partial charge in [-0.3, -0.25) is 4.90 Å². The summed E-state index contributed by atoms with van der Waals surface area (Å²) in [4.78, 5) is 15.7. The molecule has 3 aromatic rings. The van der Waals surface area contributed by atoms with Gasteiger partial charge in [-0.25, -0.2) is 4.79 Å². The summed E-state index contributed by atoms with van der Waals surface area (Å²) < 4.78 is 12.0. The van der Waals surface area contributed by atoms with E-state index in [0.29, 0.717) is 46.8 Å². The van der Waals surface area contributed by atoms with Crippen molar-refractivity contribution in [2.75, 3.05) is 0 Å². The molecule has 0 fully saturated rings. The number of hydrogen-bond donors (Lipinski definition) is 0. The average Bonchev–Trinajstić information content (AvgIpc) is 3.27. The highest BCUT2D eigenvalue weighted by molar-refractivity contribution is 6.33. The number of esters is 1. The number of fused-ring (bicyclic) bond motifs is 1. The number of rotatable bonds is 7. The lowest BCUT2D eigenvalue weighted by Gasteiger charge is -2.22. The van der Waals surface area contributed by atoms with Gasteiger partial charge >= 0.3 is 5.97 Å². The van der Waals surface area contributed by atoms with E-state index in [2.05, 4.69) is 18.7 Å². The second-order valence-corrected chi connectivity index (χ2v) is 8.62. The largest absolute Gasteiger partial charge is 0.488 e. The monoisotopic (exact) mass is 449 g/mol. The Morgan fingerprint density at radius 1 is 1.03 bits per heavy atom. The van der Waals surface area contributed by atoms with E-state index in [9.17, 15) is 4.79 Å². The van der Waals surface area contributed by atoms with Crippen LogP contribution in [0.5, 0.6) is 11.5 Å². The SMILES string of the molecule is CC[C@H](C)N1Cc2c(Cl)c(C)c(C(=O)Oc3ccccc3)c(OCc3ccccc3)c2C1. The number of carbonyl (C=O) groups is 1. The molecule has 3 aromatic carbocycles. The average molecular weight is 450 g/mol. The second kappa shape index (κ2) is 9.76. The van der Waals surface area contributed by atoms with Gasteiger partial charge in [-0.15, -0.1) is 0 Å². The minimum Gasteiger partial charge on any atom is -0.488 e. The quantitative estimate of drug-likeness (QED) is 0.302. The number of benzene rings is 3. The lowest BCUT2D eigenvalue weighted by Crippen LogP contribution is -2.26. The van der Waals surface area contributed by atoms with E-state index >= 15 is 0 Å². The van der Waals surface area contributed by atoms with E-state index in [1.165, 1.54) is 0 Å². The molecule has 0 amide bonds. The van der Waals surface area contributed by atoms with Crippen LogP contribution in [0, 0.1) is 6.92 Å². The van der Waals surface area contributed by atoms with E-state index < -0.39 is 5.97 Å². The van der Waals surface area contributed by atoms with Crippen molar-refractivity contribution < 1.29 is 14.3 Å². The summed E-state index contributed by atoms with van der Waals surface area (Å²) in [7, 11) is 0. The van der Waals surface area contributed by atoms with E-state index in [1.807, 2.05) is 55.5 Å². The highest BCUT2D eigenvalue weighted by atomic mass is 35.5. The minimum atomic E-state index is -0.455. The molecular weight excluding hydrogens is 422 g/mol. The first-order valence-electron chi connectivity index (χ1n) is 11.0. The summed E-state index contributed by atoms with van der Waals surface area (Å²) in [5.41, 5.74) is 4.16. The van der Waals surface area contributed by atoms with Gasteiger partial charge in [0.05, 0.1) is 0 Å². The fourth-order valence-corrected chi connectivity index (χ4v) is 4.34. The first-order chi connectivity index (χ1) is 15.5. The molecule has 0 bridgehead atoms. The normalized spacial score (nSPS) is 14.1. The Balaban J connectivity index is 1.75. The number of halogens is 1. The molecule has 0 aliphatic carbocycles. The van der Waals surface area contributed by atoms with E-state index in [4.69, 9.17) is 21.1 Å². The molecule has 4 rings (SSSR count). The molecule has 1 aliphatic heterocycles. The van der Waals surface area contributed by atoms with Crippen LogP contribution in [0.15, 0.2) is 60.7 Å². The Morgan fingerprint density at radius 2 is 1.66 bits per heavy atom. The van der Waals surface area contributed by atoms with Crippen molar-refractivity contribution in [1.82, 2.24) is 4.90 Å². The Morgan fingerprint density at radius 3 is 2.31 bits per heavy atom. The summed E-state index contributed by atoms with van der Waals surface area (Å²) in [6, 6.07) is 19.4. The van der Waals surface area contributed by atoms with E-state index in [1.54, 1.807) is 12.1 Å². The minimum absolute atomic E-state index is 0.364. The zero-order valence-corrected chi connectivity index (χ0v) is 19.5. The Kier molecular flexibility index (Phi) is 6.83. The number of hydrogen-bond acceptors (Lipinski definition) is 4. The van der Waals surface area contributed by atoms with Crippen LogP contribution in [0.25, 0.3) is 0 Å². The van der Waals surface area contributed by atoms with Crippen LogP contribution in [-0.4, -0.2) is 16.9 Å². The lowest BCUT2D eigenvalue weighted by atomic mass is 9.98. The fraction of sp³-hybridized carbons (Fsp3) is 0.296. The van der Waals surface area contributed by atoms with Crippen LogP contribution in [0.2, 0.25) is 5.02 Å². The van der Waals surface area contributed by atoms with Crippen molar-refractivity contribution in [2.24, 2.45) is 0 Å². The van der Waals surface area contributed by atoms with Crippen molar-refractivity contribution >= 4 is 17.6 Å². The van der Waals surface area contributed by atoms with Crippen molar-refractivity contribution in [3.63, 3.8) is 0 Å². The number of para-hydroxylation sites is 1. The molecule has 166 valence electrons. The van der Waals surface area contributed by atoms with Gasteiger partial charge in [-0.1, -0.05) is 67.1 Å². The van der Waals surface area contributed by atoms with Crippen molar-refractivity contribution in [2.45, 2.75) is 52.9 Å². The number of nitrogens with zero attached hydrogens (tertiary/aromatic N) is 1. The van der Waals surface area contributed by atoms with Crippen LogP contribution in [-0.2, 0) is 19.7 Å². The Bertz CT molecular complexity index is 1100. The van der Waals surface area contributed by atoms with Gasteiger partial charge in [0.15, 0.2) is 0 Å². The molecule has 1 aliphatic rings. The molecule has 0 N–H and O–H groups in total. The van der Waals surface area contributed by atoms with Crippen LogP contribution >= 0.6 is 11.6 Å². The van der Waals surface area contributed by atoms with Gasteiger partial charge in [0.2, 0.25) is 0 Å². The van der Waals surface area contributed by atoms with Gasteiger partial charge in [0.1, 0.15) is 23.7 Å². The van der Waals surface area contributed by atoms with Crippen LogP contribution in [0.1, 0.15) is 52.9 Å². The van der Waals surface area contributed by atoms with Crippen LogP contribution in [0.3, 0.4) is 0 Å². The predicted molar refractivity (Wildman–Crippen MR) is 127 cm³/mol. The van der Waals surface area contributed by atoms with E-state index in [-0.39, 0.29) is 0 Å². The maximum absolute atomic E-state index is 13.3. The summed E-state index contributed by atoms with van der Waals surface area (Å²) in [6.07, 6.45) is 1.04. The smallest absolute Gasteiger partial charge is 0.347 e. The molecule has 5 heteroatoms. The molecule has 1 atom stereocenters. The van der Waals surface area contributed by atoms with Crippen molar-refractivity contribution in [1.29, 1.82) is 0 Å². The second-order valence-electron chi connectivity index (χ2n) is 8.24. The predicted octanol–water partition coefficient (Wildman–Crippen LogP) is 6.56. The summed E-state index contributed by atoms with van der Waals surface area (Å²) in [5, 5.41) is 0.623. The Labute approximate surface area is 194 Å². The van der Waals surface area contributed by atoms with E-state index in [0.717, 1.165) is 29.7 Å². The molecular formula is C27H28ClNO3. The van der Waals surface area contributed by atoms with Gasteiger partial charge in [-0.05, 0) is 49.1 Å². The Hall–Kier alpha value is -2.82. The van der Waals surface area contributed by atoms with Crippen LogP contribution < -0.4 is 9.47 Å². The molecule has 32 heavy (non-hydrogen) atoms. The van der Waals surface area contributed by atoms with Crippen molar-refractivity contribution in [3.8, 4) is 11.5 Å².